The second-order valence-corrected chi connectivity index (χ2v) is 6.76. The number of nitrogens with one attached hydrogen (secondary N) is 1. The lowest BCUT2D eigenvalue weighted by molar-refractivity contribution is -0.123. The number of halogens is 1. The molecule has 3 atom stereocenters. The lowest BCUT2D eigenvalue weighted by atomic mass is 9.69. The standard InChI is InChI=1S/C18H24ClNO/c1-4-13-5-10-16(12(2)3)17(11-13)18(21)20-15-8-6-14(19)7-9-15/h4,6-9,12-13,16-17H,1,5,10-11H2,2-3H3,(H,20,21)/t13-,16+,17-/m1/s1. The lowest BCUT2D eigenvalue weighted by Crippen LogP contribution is -2.36. The first-order valence-electron chi connectivity index (χ1n) is 7.70. The summed E-state index contributed by atoms with van der Waals surface area (Å²) in [6, 6.07) is 7.28. The number of amides is 1. The van der Waals surface area contributed by atoms with Crippen molar-refractivity contribution in [3.05, 3.63) is 41.9 Å². The van der Waals surface area contributed by atoms with E-state index in [4.69, 9.17) is 11.6 Å². The number of benzene rings is 1. The van der Waals surface area contributed by atoms with E-state index in [0.29, 0.717) is 22.8 Å². The van der Waals surface area contributed by atoms with Crippen LogP contribution in [0.4, 0.5) is 5.69 Å². The third kappa shape index (κ3) is 4.10. The minimum absolute atomic E-state index is 0.0671. The van der Waals surface area contributed by atoms with Crippen LogP contribution in [0.2, 0.25) is 5.02 Å². The minimum Gasteiger partial charge on any atom is -0.326 e. The molecule has 0 saturated heterocycles. The zero-order valence-corrected chi connectivity index (χ0v) is 13.6. The highest BCUT2D eigenvalue weighted by atomic mass is 35.5. The van der Waals surface area contributed by atoms with Gasteiger partial charge in [0.2, 0.25) is 5.91 Å². The van der Waals surface area contributed by atoms with E-state index in [9.17, 15) is 4.79 Å². The van der Waals surface area contributed by atoms with Crippen LogP contribution < -0.4 is 5.32 Å². The molecule has 2 nitrogen and oxygen atoms in total. The molecule has 2 rings (SSSR count). The molecule has 1 aliphatic carbocycles. The van der Waals surface area contributed by atoms with Crippen molar-refractivity contribution in [3.63, 3.8) is 0 Å². The number of allylic oxidation sites excluding steroid dienone is 1. The largest absolute Gasteiger partial charge is 0.326 e. The minimum atomic E-state index is 0.0671. The summed E-state index contributed by atoms with van der Waals surface area (Å²) >= 11 is 5.88. The maximum absolute atomic E-state index is 12.7. The number of carbonyl (C=O) groups is 1. The zero-order chi connectivity index (χ0) is 15.4. The smallest absolute Gasteiger partial charge is 0.227 e. The average molecular weight is 306 g/mol. The van der Waals surface area contributed by atoms with Gasteiger partial charge >= 0.3 is 0 Å². The first-order chi connectivity index (χ1) is 10.0. The summed E-state index contributed by atoms with van der Waals surface area (Å²) < 4.78 is 0. The maximum Gasteiger partial charge on any atom is 0.227 e. The quantitative estimate of drug-likeness (QED) is 0.765. The predicted octanol–water partition coefficient (Wildman–Crippen LogP) is 5.15. The molecule has 1 aromatic carbocycles. The molecule has 114 valence electrons. The van der Waals surface area contributed by atoms with Crippen LogP contribution in [0.25, 0.3) is 0 Å². The Hall–Kier alpha value is -1.28. The highest BCUT2D eigenvalue weighted by Gasteiger charge is 2.35. The third-order valence-corrected chi connectivity index (χ3v) is 4.83. The maximum atomic E-state index is 12.7. The Balaban J connectivity index is 2.09. The van der Waals surface area contributed by atoms with Crippen molar-refractivity contribution in [2.45, 2.75) is 33.1 Å². The Morgan fingerprint density at radius 1 is 1.33 bits per heavy atom. The molecule has 0 unspecified atom stereocenters. The molecular weight excluding hydrogens is 282 g/mol. The van der Waals surface area contributed by atoms with E-state index in [2.05, 4.69) is 25.7 Å². The number of anilines is 1. The summed E-state index contributed by atoms with van der Waals surface area (Å²) in [5.41, 5.74) is 0.813. The topological polar surface area (TPSA) is 29.1 Å². The summed E-state index contributed by atoms with van der Waals surface area (Å²) in [5.74, 6) is 1.63. The summed E-state index contributed by atoms with van der Waals surface area (Å²) in [6.07, 6.45) is 5.16. The molecule has 21 heavy (non-hydrogen) atoms. The van der Waals surface area contributed by atoms with Crippen molar-refractivity contribution in [3.8, 4) is 0 Å². The van der Waals surface area contributed by atoms with Gasteiger partial charge in [0.15, 0.2) is 0 Å². The number of hydrogen-bond acceptors (Lipinski definition) is 1. The normalized spacial score (nSPS) is 25.6. The molecule has 1 fully saturated rings. The van der Waals surface area contributed by atoms with E-state index in [-0.39, 0.29) is 11.8 Å². The zero-order valence-electron chi connectivity index (χ0n) is 12.8. The molecule has 1 aliphatic rings. The number of rotatable bonds is 4. The van der Waals surface area contributed by atoms with E-state index in [1.54, 1.807) is 12.1 Å². The predicted molar refractivity (Wildman–Crippen MR) is 89.4 cm³/mol. The fraction of sp³-hybridized carbons (Fsp3) is 0.500. The Morgan fingerprint density at radius 2 is 2.00 bits per heavy atom. The highest BCUT2D eigenvalue weighted by molar-refractivity contribution is 6.30. The Bertz CT molecular complexity index is 494. The molecule has 1 amide bonds. The van der Waals surface area contributed by atoms with Crippen molar-refractivity contribution in [1.29, 1.82) is 0 Å². The summed E-state index contributed by atoms with van der Waals surface area (Å²) in [6.45, 7) is 8.31. The van der Waals surface area contributed by atoms with Crippen LogP contribution in [0.1, 0.15) is 33.1 Å². The van der Waals surface area contributed by atoms with Gasteiger partial charge in [-0.05, 0) is 61.3 Å². The first kappa shape index (κ1) is 16.1. The van der Waals surface area contributed by atoms with Gasteiger partial charge in [0.05, 0.1) is 0 Å². The van der Waals surface area contributed by atoms with Gasteiger partial charge in [-0.2, -0.15) is 0 Å². The van der Waals surface area contributed by atoms with E-state index in [0.717, 1.165) is 24.9 Å². The number of carbonyl (C=O) groups excluding carboxylic acids is 1. The van der Waals surface area contributed by atoms with Gasteiger partial charge < -0.3 is 5.32 Å². The fourth-order valence-electron chi connectivity index (χ4n) is 3.31. The van der Waals surface area contributed by atoms with Gasteiger partial charge in [-0.3, -0.25) is 4.79 Å². The summed E-state index contributed by atoms with van der Waals surface area (Å²) in [4.78, 5) is 12.7. The van der Waals surface area contributed by atoms with Gasteiger partial charge in [0.1, 0.15) is 0 Å². The monoisotopic (exact) mass is 305 g/mol. The molecular formula is C18H24ClNO. The van der Waals surface area contributed by atoms with Crippen molar-refractivity contribution < 1.29 is 4.79 Å². The van der Waals surface area contributed by atoms with Crippen LogP contribution in [0.5, 0.6) is 0 Å². The Morgan fingerprint density at radius 3 is 2.57 bits per heavy atom. The molecule has 1 N–H and O–H groups in total. The third-order valence-electron chi connectivity index (χ3n) is 4.58. The van der Waals surface area contributed by atoms with Gasteiger partial charge in [-0.15, -0.1) is 6.58 Å². The van der Waals surface area contributed by atoms with Crippen LogP contribution in [0, 0.1) is 23.7 Å². The highest BCUT2D eigenvalue weighted by Crippen LogP contribution is 2.39. The average Bonchev–Trinajstić information content (AvgIpc) is 2.48. The van der Waals surface area contributed by atoms with Gasteiger partial charge in [0, 0.05) is 16.6 Å². The summed E-state index contributed by atoms with van der Waals surface area (Å²) in [7, 11) is 0. The summed E-state index contributed by atoms with van der Waals surface area (Å²) in [5, 5.41) is 3.71. The van der Waals surface area contributed by atoms with Crippen LogP contribution in [0.3, 0.4) is 0 Å². The van der Waals surface area contributed by atoms with Crippen molar-refractivity contribution in [2.24, 2.45) is 23.7 Å². The van der Waals surface area contributed by atoms with Crippen molar-refractivity contribution in [1.82, 2.24) is 0 Å². The van der Waals surface area contributed by atoms with E-state index in [1.165, 1.54) is 0 Å². The fourth-order valence-corrected chi connectivity index (χ4v) is 3.43. The molecule has 0 aromatic heterocycles. The molecule has 0 heterocycles. The molecule has 1 aromatic rings. The van der Waals surface area contributed by atoms with E-state index in [1.807, 2.05) is 18.2 Å². The Kier molecular flexibility index (Phi) is 5.46. The molecule has 0 radical (unpaired) electrons. The van der Waals surface area contributed by atoms with Gasteiger partial charge in [0.25, 0.3) is 0 Å². The molecule has 0 bridgehead atoms. The second-order valence-electron chi connectivity index (χ2n) is 6.32. The first-order valence-corrected chi connectivity index (χ1v) is 8.08. The van der Waals surface area contributed by atoms with Gasteiger partial charge in [-0.25, -0.2) is 0 Å². The second kappa shape index (κ2) is 7.13. The van der Waals surface area contributed by atoms with E-state index < -0.39 is 0 Å². The number of hydrogen-bond donors (Lipinski definition) is 1. The molecule has 0 spiro atoms. The molecule has 0 aliphatic heterocycles. The molecule has 3 heteroatoms. The van der Waals surface area contributed by atoms with Gasteiger partial charge in [-0.1, -0.05) is 31.5 Å². The van der Waals surface area contributed by atoms with Crippen molar-refractivity contribution in [2.75, 3.05) is 5.32 Å². The van der Waals surface area contributed by atoms with Crippen LogP contribution in [-0.4, -0.2) is 5.91 Å². The van der Waals surface area contributed by atoms with Crippen LogP contribution in [0.15, 0.2) is 36.9 Å². The SMILES string of the molecule is C=C[C@@H]1CC[C@@H](C(C)C)[C@H](C(=O)Nc2ccc(Cl)cc2)C1. The van der Waals surface area contributed by atoms with Crippen molar-refractivity contribution >= 4 is 23.2 Å². The van der Waals surface area contributed by atoms with E-state index >= 15 is 0 Å². The van der Waals surface area contributed by atoms with Crippen LogP contribution in [-0.2, 0) is 4.79 Å². The Labute approximate surface area is 132 Å². The van der Waals surface area contributed by atoms with Crippen LogP contribution >= 0.6 is 11.6 Å². The lowest BCUT2D eigenvalue weighted by Gasteiger charge is -2.36. The molecule has 1 saturated carbocycles.